The van der Waals surface area contributed by atoms with E-state index < -0.39 is 0 Å². The molecule has 0 aromatic heterocycles. The predicted octanol–water partition coefficient (Wildman–Crippen LogP) is 6.69. The third kappa shape index (κ3) is 6.67. The summed E-state index contributed by atoms with van der Waals surface area (Å²) in [6, 6.07) is 10.6. The van der Waals surface area contributed by atoms with Crippen molar-refractivity contribution in [3.05, 3.63) is 68.9 Å². The van der Waals surface area contributed by atoms with E-state index in [0.29, 0.717) is 38.4 Å². The third-order valence-corrected chi connectivity index (χ3v) is 7.68. The molecule has 1 N–H and O–H groups in total. The lowest BCUT2D eigenvalue weighted by molar-refractivity contribution is 0.0907. The highest BCUT2D eigenvalue weighted by Gasteiger charge is 2.32. The van der Waals surface area contributed by atoms with Crippen LogP contribution in [-0.4, -0.2) is 48.4 Å². The molecule has 0 saturated carbocycles. The molecule has 1 saturated heterocycles. The van der Waals surface area contributed by atoms with E-state index in [1.807, 2.05) is 32.0 Å². The van der Waals surface area contributed by atoms with Gasteiger partial charge < -0.3 is 19.7 Å². The first-order chi connectivity index (χ1) is 17.8. The molecule has 8 heteroatoms. The molecule has 1 atom stereocenters. The number of nitrogens with one attached hydrogen (secondary N) is 1. The zero-order valence-electron chi connectivity index (χ0n) is 21.6. The Morgan fingerprint density at radius 3 is 2.59 bits per heavy atom. The minimum Gasteiger partial charge on any atom is -0.490 e. The third-order valence-electron chi connectivity index (χ3n) is 6.94. The standard InChI is InChI=1S/C29H34Cl2N2O4/c1-4-21(36-24-8-5-9-25-26(24)27(34)28(37-25)18(2)3)7-6-14-33-15-12-20(13-16-33)32-29(35)19-10-11-22(30)23(31)17-19/h5,8-11,17,20-21H,4,6-7,12-16H2,1-3H3,(H,32,35). The van der Waals surface area contributed by atoms with Gasteiger partial charge in [0.15, 0.2) is 5.76 Å². The highest BCUT2D eigenvalue weighted by atomic mass is 35.5. The first kappa shape index (κ1) is 27.5. The monoisotopic (exact) mass is 544 g/mol. The van der Waals surface area contributed by atoms with Crippen LogP contribution in [0.2, 0.25) is 10.0 Å². The molecule has 1 unspecified atom stereocenters. The second-order valence-electron chi connectivity index (χ2n) is 9.90. The number of carbonyl (C=O) groups is 2. The number of allylic oxidation sites excluding steroid dienone is 2. The summed E-state index contributed by atoms with van der Waals surface area (Å²) in [7, 11) is 0. The van der Waals surface area contributed by atoms with Gasteiger partial charge in [-0.1, -0.05) is 36.2 Å². The Morgan fingerprint density at radius 1 is 1.16 bits per heavy atom. The zero-order valence-corrected chi connectivity index (χ0v) is 23.1. The second-order valence-corrected chi connectivity index (χ2v) is 10.7. The highest BCUT2D eigenvalue weighted by molar-refractivity contribution is 6.42. The predicted molar refractivity (Wildman–Crippen MR) is 147 cm³/mol. The van der Waals surface area contributed by atoms with E-state index in [4.69, 9.17) is 32.7 Å². The number of hydrogen-bond acceptors (Lipinski definition) is 5. The largest absolute Gasteiger partial charge is 0.490 e. The van der Waals surface area contributed by atoms with Gasteiger partial charge >= 0.3 is 0 Å². The van der Waals surface area contributed by atoms with Crippen LogP contribution in [0.5, 0.6) is 11.5 Å². The van der Waals surface area contributed by atoms with Crippen LogP contribution >= 0.6 is 23.2 Å². The van der Waals surface area contributed by atoms with Crippen molar-refractivity contribution in [1.29, 1.82) is 0 Å². The van der Waals surface area contributed by atoms with Crippen LogP contribution in [-0.2, 0) is 0 Å². The molecule has 2 aliphatic rings. The average molecular weight is 546 g/mol. The summed E-state index contributed by atoms with van der Waals surface area (Å²) >= 11 is 12.0. The van der Waals surface area contributed by atoms with E-state index in [1.54, 1.807) is 18.2 Å². The Hall–Kier alpha value is -2.54. The number of carbonyl (C=O) groups excluding carboxylic acids is 2. The SMILES string of the molecule is CCC(CCCN1CCC(NC(=O)c2ccc(Cl)c(Cl)c2)CC1)Oc1cccc2c1C(=O)C(=C(C)C)O2. The molecule has 1 amide bonds. The summed E-state index contributed by atoms with van der Waals surface area (Å²) in [4.78, 5) is 27.8. The summed E-state index contributed by atoms with van der Waals surface area (Å²) in [6.45, 7) is 8.71. The van der Waals surface area contributed by atoms with Crippen molar-refractivity contribution >= 4 is 34.9 Å². The number of ether oxygens (including phenoxy) is 2. The molecule has 4 rings (SSSR count). The van der Waals surface area contributed by atoms with Crippen LogP contribution in [0.4, 0.5) is 0 Å². The molecule has 37 heavy (non-hydrogen) atoms. The van der Waals surface area contributed by atoms with E-state index in [1.165, 1.54) is 0 Å². The van der Waals surface area contributed by atoms with Gasteiger partial charge in [-0.15, -0.1) is 0 Å². The van der Waals surface area contributed by atoms with Crippen molar-refractivity contribution in [1.82, 2.24) is 10.2 Å². The second kappa shape index (κ2) is 12.3. The number of benzene rings is 2. The van der Waals surface area contributed by atoms with Crippen LogP contribution < -0.4 is 14.8 Å². The quantitative estimate of drug-likeness (QED) is 0.356. The van der Waals surface area contributed by atoms with Crippen LogP contribution in [0.3, 0.4) is 0 Å². The van der Waals surface area contributed by atoms with E-state index in [-0.39, 0.29) is 23.8 Å². The van der Waals surface area contributed by atoms with Crippen LogP contribution in [0, 0.1) is 0 Å². The topological polar surface area (TPSA) is 67.9 Å². The number of fused-ring (bicyclic) bond motifs is 1. The van der Waals surface area contributed by atoms with Crippen molar-refractivity contribution in [2.75, 3.05) is 19.6 Å². The maximum absolute atomic E-state index is 12.8. The summed E-state index contributed by atoms with van der Waals surface area (Å²) in [5.74, 6) is 1.35. The molecule has 0 radical (unpaired) electrons. The van der Waals surface area contributed by atoms with E-state index in [2.05, 4.69) is 17.1 Å². The lowest BCUT2D eigenvalue weighted by atomic mass is 10.0. The molecule has 1 fully saturated rings. The van der Waals surface area contributed by atoms with Crippen molar-refractivity contribution in [3.63, 3.8) is 0 Å². The molecule has 6 nitrogen and oxygen atoms in total. The number of ketones is 1. The molecular weight excluding hydrogens is 511 g/mol. The Kier molecular flexibility index (Phi) is 9.17. The summed E-state index contributed by atoms with van der Waals surface area (Å²) in [5.41, 5.74) is 1.91. The molecular formula is C29H34Cl2N2O4. The Morgan fingerprint density at radius 2 is 1.92 bits per heavy atom. The Labute approximate surface area is 228 Å². The molecule has 2 aliphatic heterocycles. The summed E-state index contributed by atoms with van der Waals surface area (Å²) in [5, 5.41) is 3.94. The smallest absolute Gasteiger partial charge is 0.251 e. The number of piperidine rings is 1. The lowest BCUT2D eigenvalue weighted by Crippen LogP contribution is -2.45. The van der Waals surface area contributed by atoms with Crippen molar-refractivity contribution < 1.29 is 19.1 Å². The molecule has 2 aromatic rings. The van der Waals surface area contributed by atoms with Gasteiger partial charge in [0.05, 0.1) is 16.1 Å². The van der Waals surface area contributed by atoms with E-state index in [9.17, 15) is 9.59 Å². The fraction of sp³-hybridized carbons (Fsp3) is 0.448. The maximum Gasteiger partial charge on any atom is 0.251 e. The van der Waals surface area contributed by atoms with Gasteiger partial charge in [-0.2, -0.15) is 0 Å². The Bertz CT molecular complexity index is 1180. The summed E-state index contributed by atoms with van der Waals surface area (Å²) in [6.07, 6.45) is 4.60. The maximum atomic E-state index is 12.8. The molecule has 0 spiro atoms. The minimum atomic E-state index is -0.118. The number of nitrogens with zero attached hydrogens (tertiary/aromatic N) is 1. The fourth-order valence-electron chi connectivity index (χ4n) is 4.79. The van der Waals surface area contributed by atoms with Crippen LogP contribution in [0.1, 0.15) is 73.6 Å². The van der Waals surface area contributed by atoms with Crippen molar-refractivity contribution in [2.45, 2.75) is 65.0 Å². The zero-order chi connectivity index (χ0) is 26.5. The van der Waals surface area contributed by atoms with Crippen molar-refractivity contribution in [3.8, 4) is 11.5 Å². The van der Waals surface area contributed by atoms with Gasteiger partial charge in [-0.25, -0.2) is 0 Å². The summed E-state index contributed by atoms with van der Waals surface area (Å²) < 4.78 is 12.1. The minimum absolute atomic E-state index is 0.0260. The van der Waals surface area contributed by atoms with Gasteiger partial charge in [-0.05, 0) is 88.4 Å². The van der Waals surface area contributed by atoms with Gasteiger partial charge in [0.2, 0.25) is 5.78 Å². The van der Waals surface area contributed by atoms with E-state index >= 15 is 0 Å². The van der Waals surface area contributed by atoms with Gasteiger partial charge in [0.1, 0.15) is 17.1 Å². The van der Waals surface area contributed by atoms with Crippen molar-refractivity contribution in [2.24, 2.45) is 0 Å². The molecule has 0 bridgehead atoms. The highest BCUT2D eigenvalue weighted by Crippen LogP contribution is 2.39. The molecule has 2 aromatic carbocycles. The molecule has 198 valence electrons. The lowest BCUT2D eigenvalue weighted by Gasteiger charge is -2.32. The number of rotatable bonds is 9. The number of Topliss-reactive ketones (excluding diaryl/α,β-unsaturated/α-hetero) is 1. The first-order valence-electron chi connectivity index (χ1n) is 12.9. The van der Waals surface area contributed by atoms with E-state index in [0.717, 1.165) is 57.3 Å². The van der Waals surface area contributed by atoms with Gasteiger partial charge in [0, 0.05) is 24.7 Å². The molecule has 2 heterocycles. The van der Waals surface area contributed by atoms with Gasteiger partial charge in [0.25, 0.3) is 5.91 Å². The number of likely N-dealkylation sites (tertiary alicyclic amines) is 1. The Balaban J connectivity index is 1.22. The van der Waals surface area contributed by atoms with Crippen LogP contribution in [0.25, 0.3) is 0 Å². The number of halogens is 2. The normalized spacial score (nSPS) is 16.8. The average Bonchev–Trinajstić information content (AvgIpc) is 3.23. The van der Waals surface area contributed by atoms with Crippen LogP contribution in [0.15, 0.2) is 47.7 Å². The number of hydrogen-bond donors (Lipinski definition) is 1. The van der Waals surface area contributed by atoms with Gasteiger partial charge in [-0.3, -0.25) is 9.59 Å². The number of amides is 1. The first-order valence-corrected chi connectivity index (χ1v) is 13.7. The fourth-order valence-corrected chi connectivity index (χ4v) is 5.09. The molecule has 0 aliphatic carbocycles.